The summed E-state index contributed by atoms with van der Waals surface area (Å²) >= 11 is 0. The standard InChI is InChI=1S/C17H23N5O2/c1-12-15(13(2)24-21-12)5-6-16(23)19-11-14-7-8-18-17(20-14)22-9-3-4-10-22/h7-8H,3-6,9-11H2,1-2H3,(H,19,23). The maximum absolute atomic E-state index is 12.1. The van der Waals surface area contributed by atoms with Crippen molar-refractivity contribution in [3.8, 4) is 0 Å². The van der Waals surface area contributed by atoms with Gasteiger partial charge in [0.25, 0.3) is 0 Å². The van der Waals surface area contributed by atoms with E-state index in [4.69, 9.17) is 4.52 Å². The van der Waals surface area contributed by atoms with Gasteiger partial charge in [0.05, 0.1) is 17.9 Å². The van der Waals surface area contributed by atoms with E-state index >= 15 is 0 Å². The summed E-state index contributed by atoms with van der Waals surface area (Å²) in [5.41, 5.74) is 2.70. The zero-order valence-corrected chi connectivity index (χ0v) is 14.2. The molecule has 0 atom stereocenters. The molecule has 2 aromatic heterocycles. The Bertz CT molecular complexity index is 687. The van der Waals surface area contributed by atoms with Gasteiger partial charge >= 0.3 is 0 Å². The highest BCUT2D eigenvalue weighted by atomic mass is 16.5. The molecule has 7 nitrogen and oxygen atoms in total. The van der Waals surface area contributed by atoms with Crippen molar-refractivity contribution in [2.75, 3.05) is 18.0 Å². The minimum atomic E-state index is -0.00339. The monoisotopic (exact) mass is 329 g/mol. The van der Waals surface area contributed by atoms with E-state index in [0.717, 1.165) is 41.7 Å². The second kappa shape index (κ2) is 7.42. The molecule has 7 heteroatoms. The first-order valence-electron chi connectivity index (χ1n) is 8.39. The molecule has 0 bridgehead atoms. The van der Waals surface area contributed by atoms with Crippen molar-refractivity contribution >= 4 is 11.9 Å². The van der Waals surface area contributed by atoms with E-state index in [9.17, 15) is 4.79 Å². The van der Waals surface area contributed by atoms with E-state index in [1.54, 1.807) is 6.20 Å². The maximum Gasteiger partial charge on any atom is 0.225 e. The number of nitrogens with one attached hydrogen (secondary N) is 1. The van der Waals surface area contributed by atoms with E-state index in [-0.39, 0.29) is 5.91 Å². The molecule has 2 aromatic rings. The molecule has 0 unspecified atom stereocenters. The number of rotatable bonds is 6. The third-order valence-corrected chi connectivity index (χ3v) is 4.34. The largest absolute Gasteiger partial charge is 0.361 e. The first-order valence-corrected chi connectivity index (χ1v) is 8.39. The fourth-order valence-corrected chi connectivity index (χ4v) is 2.93. The molecule has 1 saturated heterocycles. The maximum atomic E-state index is 12.1. The molecule has 1 aliphatic rings. The van der Waals surface area contributed by atoms with Gasteiger partial charge in [0.2, 0.25) is 11.9 Å². The predicted molar refractivity (Wildman–Crippen MR) is 89.6 cm³/mol. The number of anilines is 1. The average molecular weight is 329 g/mol. The second-order valence-corrected chi connectivity index (χ2v) is 6.12. The van der Waals surface area contributed by atoms with Gasteiger partial charge in [-0.1, -0.05) is 5.16 Å². The van der Waals surface area contributed by atoms with Crippen LogP contribution in [0.4, 0.5) is 5.95 Å². The Morgan fingerprint density at radius 1 is 1.33 bits per heavy atom. The average Bonchev–Trinajstić information content (AvgIpc) is 3.22. The molecule has 128 valence electrons. The summed E-state index contributed by atoms with van der Waals surface area (Å²) in [5, 5.41) is 6.83. The quantitative estimate of drug-likeness (QED) is 0.872. The minimum Gasteiger partial charge on any atom is -0.361 e. The summed E-state index contributed by atoms with van der Waals surface area (Å²) in [6.45, 7) is 6.20. The third kappa shape index (κ3) is 3.90. The van der Waals surface area contributed by atoms with Crippen molar-refractivity contribution in [1.82, 2.24) is 20.4 Å². The Balaban J connectivity index is 1.50. The minimum absolute atomic E-state index is 0.00339. The number of nitrogens with zero attached hydrogens (tertiary/aromatic N) is 4. The van der Waals surface area contributed by atoms with Gasteiger partial charge in [0.1, 0.15) is 5.76 Å². The molecule has 1 fully saturated rings. The van der Waals surface area contributed by atoms with Crippen LogP contribution in [0, 0.1) is 13.8 Å². The van der Waals surface area contributed by atoms with Crippen LogP contribution in [0.1, 0.15) is 42.0 Å². The van der Waals surface area contributed by atoms with Crippen molar-refractivity contribution in [1.29, 1.82) is 0 Å². The van der Waals surface area contributed by atoms with Gasteiger partial charge in [-0.15, -0.1) is 0 Å². The lowest BCUT2D eigenvalue weighted by molar-refractivity contribution is -0.121. The smallest absolute Gasteiger partial charge is 0.225 e. The molecule has 0 aromatic carbocycles. The van der Waals surface area contributed by atoms with Crippen LogP contribution in [0.2, 0.25) is 0 Å². The molecule has 1 aliphatic heterocycles. The van der Waals surface area contributed by atoms with Crippen molar-refractivity contribution < 1.29 is 9.32 Å². The van der Waals surface area contributed by atoms with Crippen LogP contribution in [0.3, 0.4) is 0 Å². The zero-order chi connectivity index (χ0) is 16.9. The summed E-state index contributed by atoms with van der Waals surface area (Å²) in [7, 11) is 0. The van der Waals surface area contributed by atoms with Crippen LogP contribution in [0.5, 0.6) is 0 Å². The lowest BCUT2D eigenvalue weighted by atomic mass is 10.1. The number of hydrogen-bond donors (Lipinski definition) is 1. The highest BCUT2D eigenvalue weighted by Crippen LogP contribution is 2.16. The van der Waals surface area contributed by atoms with Crippen molar-refractivity contribution in [2.24, 2.45) is 0 Å². The molecular formula is C17H23N5O2. The Hall–Kier alpha value is -2.44. The van der Waals surface area contributed by atoms with Gasteiger partial charge in [-0.25, -0.2) is 9.97 Å². The molecule has 3 heterocycles. The Morgan fingerprint density at radius 2 is 2.12 bits per heavy atom. The number of amides is 1. The van der Waals surface area contributed by atoms with Crippen molar-refractivity contribution in [2.45, 2.75) is 46.1 Å². The Kier molecular flexibility index (Phi) is 5.08. The highest BCUT2D eigenvalue weighted by molar-refractivity contribution is 5.76. The fourth-order valence-electron chi connectivity index (χ4n) is 2.93. The lowest BCUT2D eigenvalue weighted by Gasteiger charge is -2.15. The molecule has 1 N–H and O–H groups in total. The van der Waals surface area contributed by atoms with Crippen LogP contribution in [-0.2, 0) is 17.8 Å². The highest BCUT2D eigenvalue weighted by Gasteiger charge is 2.15. The van der Waals surface area contributed by atoms with Gasteiger partial charge in [0.15, 0.2) is 0 Å². The molecule has 0 spiro atoms. The van der Waals surface area contributed by atoms with Crippen molar-refractivity contribution in [3.05, 3.63) is 35.0 Å². The first kappa shape index (κ1) is 16.4. The van der Waals surface area contributed by atoms with E-state index in [2.05, 4.69) is 25.3 Å². The normalized spacial score (nSPS) is 14.2. The molecule has 24 heavy (non-hydrogen) atoms. The lowest BCUT2D eigenvalue weighted by Crippen LogP contribution is -2.25. The van der Waals surface area contributed by atoms with Gasteiger partial charge in [0, 0.05) is 31.3 Å². The SMILES string of the molecule is Cc1noc(C)c1CCC(=O)NCc1ccnc(N2CCCC2)n1. The zero-order valence-electron chi connectivity index (χ0n) is 14.2. The van der Waals surface area contributed by atoms with Crippen LogP contribution in [0.25, 0.3) is 0 Å². The number of aryl methyl sites for hydroxylation is 2. The van der Waals surface area contributed by atoms with Gasteiger partial charge in [-0.05, 0) is 39.2 Å². The molecule has 0 aliphatic carbocycles. The molecule has 0 saturated carbocycles. The topological polar surface area (TPSA) is 84.2 Å². The summed E-state index contributed by atoms with van der Waals surface area (Å²) in [6.07, 6.45) is 5.17. The summed E-state index contributed by atoms with van der Waals surface area (Å²) in [4.78, 5) is 23.1. The Labute approximate surface area is 141 Å². The second-order valence-electron chi connectivity index (χ2n) is 6.12. The number of carbonyl (C=O) groups excluding carboxylic acids is 1. The van der Waals surface area contributed by atoms with Crippen LogP contribution in [-0.4, -0.2) is 34.1 Å². The van der Waals surface area contributed by atoms with E-state index < -0.39 is 0 Å². The first-order chi connectivity index (χ1) is 11.6. The van der Waals surface area contributed by atoms with E-state index in [0.29, 0.717) is 19.4 Å². The molecular weight excluding hydrogens is 306 g/mol. The predicted octanol–water partition coefficient (Wildman–Crippen LogP) is 1.93. The number of hydrogen-bond acceptors (Lipinski definition) is 6. The van der Waals surface area contributed by atoms with Gasteiger partial charge in [-0.2, -0.15) is 0 Å². The molecule has 1 amide bonds. The summed E-state index contributed by atoms with van der Waals surface area (Å²) < 4.78 is 5.12. The fraction of sp³-hybridized carbons (Fsp3) is 0.529. The van der Waals surface area contributed by atoms with Crippen LogP contribution < -0.4 is 10.2 Å². The van der Waals surface area contributed by atoms with Crippen molar-refractivity contribution in [3.63, 3.8) is 0 Å². The third-order valence-electron chi connectivity index (χ3n) is 4.34. The Morgan fingerprint density at radius 3 is 2.83 bits per heavy atom. The number of carbonyl (C=O) groups is 1. The van der Waals surface area contributed by atoms with Gasteiger partial charge < -0.3 is 14.7 Å². The summed E-state index contributed by atoms with van der Waals surface area (Å²) in [6, 6.07) is 1.84. The number of aromatic nitrogens is 3. The van der Waals surface area contributed by atoms with Crippen LogP contribution in [0.15, 0.2) is 16.8 Å². The molecule has 3 rings (SSSR count). The van der Waals surface area contributed by atoms with Crippen LogP contribution >= 0.6 is 0 Å². The van der Waals surface area contributed by atoms with E-state index in [1.807, 2.05) is 19.9 Å². The van der Waals surface area contributed by atoms with E-state index in [1.165, 1.54) is 12.8 Å². The summed E-state index contributed by atoms with van der Waals surface area (Å²) in [5.74, 6) is 1.54. The molecule has 0 radical (unpaired) electrons. The van der Waals surface area contributed by atoms with Gasteiger partial charge in [-0.3, -0.25) is 4.79 Å².